The Balaban J connectivity index is 2.12. The Hall–Kier alpha value is -2.24. The lowest BCUT2D eigenvalue weighted by molar-refractivity contribution is 0.101. The molecule has 0 saturated carbocycles. The van der Waals surface area contributed by atoms with Crippen LogP contribution >= 0.6 is 0 Å². The minimum atomic E-state index is -0.365. The number of carbonyl (C=O) groups is 1. The lowest BCUT2D eigenvalue weighted by Gasteiger charge is -2.01. The SMILES string of the molecule is Cc1ccnc(NC(=O)c2n[nH]c(C(C)C)n2)c1. The van der Waals surface area contributed by atoms with Gasteiger partial charge in [-0.3, -0.25) is 9.89 Å². The number of rotatable bonds is 3. The first-order valence-electron chi connectivity index (χ1n) is 5.72. The minimum absolute atomic E-state index is 0.127. The van der Waals surface area contributed by atoms with E-state index in [-0.39, 0.29) is 17.6 Å². The first kappa shape index (κ1) is 12.2. The molecule has 0 aliphatic heterocycles. The molecule has 6 nitrogen and oxygen atoms in total. The third-order valence-corrected chi connectivity index (χ3v) is 2.41. The second-order valence-corrected chi connectivity index (χ2v) is 4.37. The van der Waals surface area contributed by atoms with Crippen LogP contribution in [-0.4, -0.2) is 26.1 Å². The molecule has 0 aliphatic carbocycles. The highest BCUT2D eigenvalue weighted by Crippen LogP contribution is 2.09. The summed E-state index contributed by atoms with van der Waals surface area (Å²) in [5, 5.41) is 9.28. The molecule has 0 saturated heterocycles. The van der Waals surface area contributed by atoms with Gasteiger partial charge in [-0.05, 0) is 24.6 Å². The average Bonchev–Trinajstić information content (AvgIpc) is 2.78. The summed E-state index contributed by atoms with van der Waals surface area (Å²) >= 11 is 0. The molecule has 2 N–H and O–H groups in total. The summed E-state index contributed by atoms with van der Waals surface area (Å²) in [4.78, 5) is 20.0. The van der Waals surface area contributed by atoms with Crippen molar-refractivity contribution in [3.63, 3.8) is 0 Å². The molecule has 2 rings (SSSR count). The zero-order valence-electron chi connectivity index (χ0n) is 10.6. The third kappa shape index (κ3) is 2.71. The highest BCUT2D eigenvalue weighted by Gasteiger charge is 2.14. The van der Waals surface area contributed by atoms with E-state index in [1.807, 2.05) is 26.8 Å². The van der Waals surface area contributed by atoms with E-state index in [4.69, 9.17) is 0 Å². The van der Waals surface area contributed by atoms with E-state index in [9.17, 15) is 4.79 Å². The molecule has 2 heterocycles. The summed E-state index contributed by atoms with van der Waals surface area (Å²) in [5.41, 5.74) is 1.03. The Morgan fingerprint density at radius 2 is 2.22 bits per heavy atom. The maximum Gasteiger partial charge on any atom is 0.296 e. The van der Waals surface area contributed by atoms with Crippen LogP contribution in [0.2, 0.25) is 0 Å². The van der Waals surface area contributed by atoms with E-state index >= 15 is 0 Å². The standard InChI is InChI=1S/C12H15N5O/c1-7(2)10-15-11(17-16-10)12(18)14-9-6-8(3)4-5-13-9/h4-7H,1-3H3,(H,13,14,18)(H,15,16,17). The van der Waals surface area contributed by atoms with Crippen LogP contribution in [0.25, 0.3) is 0 Å². The van der Waals surface area contributed by atoms with E-state index in [2.05, 4.69) is 25.5 Å². The highest BCUT2D eigenvalue weighted by molar-refractivity contribution is 6.00. The lowest BCUT2D eigenvalue weighted by Crippen LogP contribution is -2.14. The molecule has 1 amide bonds. The van der Waals surface area contributed by atoms with Gasteiger partial charge in [0, 0.05) is 12.1 Å². The largest absolute Gasteiger partial charge is 0.304 e. The van der Waals surface area contributed by atoms with Crippen molar-refractivity contribution in [1.82, 2.24) is 20.2 Å². The number of amides is 1. The van der Waals surface area contributed by atoms with Crippen LogP contribution in [0.15, 0.2) is 18.3 Å². The third-order valence-electron chi connectivity index (χ3n) is 2.41. The Labute approximate surface area is 105 Å². The Morgan fingerprint density at radius 1 is 1.44 bits per heavy atom. The number of nitrogens with zero attached hydrogens (tertiary/aromatic N) is 3. The Kier molecular flexibility index (Phi) is 3.36. The first-order chi connectivity index (χ1) is 8.56. The van der Waals surface area contributed by atoms with Gasteiger partial charge in [-0.25, -0.2) is 9.97 Å². The van der Waals surface area contributed by atoms with Crippen molar-refractivity contribution >= 4 is 11.7 Å². The van der Waals surface area contributed by atoms with Crippen LogP contribution in [-0.2, 0) is 0 Å². The maximum atomic E-state index is 11.9. The predicted molar refractivity (Wildman–Crippen MR) is 67.4 cm³/mol. The molecule has 0 atom stereocenters. The Bertz CT molecular complexity index is 561. The normalized spacial score (nSPS) is 10.7. The van der Waals surface area contributed by atoms with Gasteiger partial charge in [0.25, 0.3) is 5.91 Å². The summed E-state index contributed by atoms with van der Waals surface area (Å²) in [5.74, 6) is 1.16. The molecule has 6 heteroatoms. The number of nitrogens with one attached hydrogen (secondary N) is 2. The van der Waals surface area contributed by atoms with Gasteiger partial charge >= 0.3 is 0 Å². The number of hydrogen-bond acceptors (Lipinski definition) is 4. The van der Waals surface area contributed by atoms with E-state index in [1.54, 1.807) is 12.3 Å². The molecule has 0 spiro atoms. The molecular formula is C12H15N5O. The van der Waals surface area contributed by atoms with Gasteiger partial charge in [-0.2, -0.15) is 0 Å². The van der Waals surface area contributed by atoms with Crippen molar-refractivity contribution < 1.29 is 4.79 Å². The van der Waals surface area contributed by atoms with E-state index in [0.717, 1.165) is 5.56 Å². The highest BCUT2D eigenvalue weighted by atomic mass is 16.2. The molecule has 0 unspecified atom stereocenters. The quantitative estimate of drug-likeness (QED) is 0.864. The van der Waals surface area contributed by atoms with Crippen LogP contribution in [0.4, 0.5) is 5.82 Å². The average molecular weight is 245 g/mol. The Morgan fingerprint density at radius 3 is 2.83 bits per heavy atom. The van der Waals surface area contributed by atoms with Crippen molar-refractivity contribution in [3.05, 3.63) is 35.5 Å². The molecule has 0 fully saturated rings. The fourth-order valence-electron chi connectivity index (χ4n) is 1.41. The van der Waals surface area contributed by atoms with Gasteiger partial charge in [-0.15, -0.1) is 5.10 Å². The summed E-state index contributed by atoms with van der Waals surface area (Å²) in [6.45, 7) is 5.88. The van der Waals surface area contributed by atoms with E-state index in [1.165, 1.54) is 0 Å². The van der Waals surface area contributed by atoms with Gasteiger partial charge in [0.1, 0.15) is 11.6 Å². The number of aromatic nitrogens is 4. The number of aryl methyl sites for hydroxylation is 1. The van der Waals surface area contributed by atoms with Crippen molar-refractivity contribution in [2.24, 2.45) is 0 Å². The molecule has 0 aliphatic rings. The molecular weight excluding hydrogens is 230 g/mol. The number of pyridine rings is 1. The van der Waals surface area contributed by atoms with Gasteiger partial charge in [0.2, 0.25) is 5.82 Å². The van der Waals surface area contributed by atoms with Crippen molar-refractivity contribution in [2.75, 3.05) is 5.32 Å². The number of hydrogen-bond donors (Lipinski definition) is 2. The minimum Gasteiger partial charge on any atom is -0.304 e. The van der Waals surface area contributed by atoms with Crippen LogP contribution < -0.4 is 5.32 Å². The fourth-order valence-corrected chi connectivity index (χ4v) is 1.41. The molecule has 2 aromatic rings. The summed E-state index contributed by atoms with van der Waals surface area (Å²) < 4.78 is 0. The zero-order chi connectivity index (χ0) is 13.1. The number of H-pyrrole nitrogens is 1. The number of anilines is 1. The molecule has 18 heavy (non-hydrogen) atoms. The molecule has 2 aromatic heterocycles. The van der Waals surface area contributed by atoms with E-state index < -0.39 is 0 Å². The van der Waals surface area contributed by atoms with Crippen LogP contribution in [0.3, 0.4) is 0 Å². The first-order valence-corrected chi connectivity index (χ1v) is 5.72. The van der Waals surface area contributed by atoms with Crippen molar-refractivity contribution in [3.8, 4) is 0 Å². The van der Waals surface area contributed by atoms with Gasteiger partial charge < -0.3 is 5.32 Å². The monoisotopic (exact) mass is 245 g/mol. The summed E-state index contributed by atoms with van der Waals surface area (Å²) in [7, 11) is 0. The molecule has 0 bridgehead atoms. The van der Waals surface area contributed by atoms with E-state index in [0.29, 0.717) is 11.6 Å². The number of aromatic amines is 1. The maximum absolute atomic E-state index is 11.9. The molecule has 0 radical (unpaired) electrons. The van der Waals surface area contributed by atoms with Gasteiger partial charge in [0.15, 0.2) is 0 Å². The second-order valence-electron chi connectivity index (χ2n) is 4.37. The second kappa shape index (κ2) is 4.95. The fraction of sp³-hybridized carbons (Fsp3) is 0.333. The van der Waals surface area contributed by atoms with Crippen LogP contribution in [0.5, 0.6) is 0 Å². The van der Waals surface area contributed by atoms with Crippen molar-refractivity contribution in [2.45, 2.75) is 26.7 Å². The van der Waals surface area contributed by atoms with Crippen LogP contribution in [0.1, 0.15) is 41.8 Å². The number of carbonyl (C=O) groups excluding carboxylic acids is 1. The van der Waals surface area contributed by atoms with Gasteiger partial charge in [0.05, 0.1) is 0 Å². The summed E-state index contributed by atoms with van der Waals surface area (Å²) in [6.07, 6.45) is 1.64. The summed E-state index contributed by atoms with van der Waals surface area (Å²) in [6, 6.07) is 3.65. The smallest absolute Gasteiger partial charge is 0.296 e. The topological polar surface area (TPSA) is 83.6 Å². The van der Waals surface area contributed by atoms with Crippen LogP contribution in [0, 0.1) is 6.92 Å². The van der Waals surface area contributed by atoms with Gasteiger partial charge in [-0.1, -0.05) is 13.8 Å². The predicted octanol–water partition coefficient (Wildman–Crippen LogP) is 1.88. The zero-order valence-corrected chi connectivity index (χ0v) is 10.6. The van der Waals surface area contributed by atoms with Crippen molar-refractivity contribution in [1.29, 1.82) is 0 Å². The lowest BCUT2D eigenvalue weighted by atomic mass is 10.2. The molecule has 0 aromatic carbocycles. The molecule has 94 valence electrons.